The summed E-state index contributed by atoms with van der Waals surface area (Å²) >= 11 is 0. The van der Waals surface area contributed by atoms with Crippen LogP contribution in [0.25, 0.3) is 0 Å². The average Bonchev–Trinajstić information content (AvgIpc) is 3.12. The summed E-state index contributed by atoms with van der Waals surface area (Å²) in [5.41, 5.74) is 0. The molecule has 3 N–H and O–H groups in total. The summed E-state index contributed by atoms with van der Waals surface area (Å²) in [7, 11) is -9.95. The summed E-state index contributed by atoms with van der Waals surface area (Å²) in [5, 5.41) is 10.6. The molecule has 0 aromatic rings. The largest absolute Gasteiger partial charge is 0.472 e. The van der Waals surface area contributed by atoms with Crippen molar-refractivity contribution in [2.24, 2.45) is 0 Å². The molecule has 0 radical (unpaired) electrons. The van der Waals surface area contributed by atoms with Crippen molar-refractivity contribution in [3.05, 3.63) is 85.1 Å². The first-order valence-corrected chi connectivity index (χ1v) is 40.8. The maximum Gasteiger partial charge on any atom is 0.472 e. The Balaban J connectivity index is 5.37. The normalized spacial score (nSPS) is 14.4. The monoisotopic (exact) mass is 1390 g/mol. The van der Waals surface area contributed by atoms with E-state index in [0.717, 1.165) is 135 Å². The van der Waals surface area contributed by atoms with Gasteiger partial charge in [-0.05, 0) is 116 Å². The van der Waals surface area contributed by atoms with Gasteiger partial charge in [-0.3, -0.25) is 37.3 Å². The molecular weight excluding hydrogens is 1260 g/mol. The van der Waals surface area contributed by atoms with E-state index in [9.17, 15) is 43.2 Å². The van der Waals surface area contributed by atoms with Crippen LogP contribution in [-0.4, -0.2) is 96.7 Å². The van der Waals surface area contributed by atoms with Gasteiger partial charge in [0.05, 0.1) is 26.4 Å². The number of carbonyl (C=O) groups excluding carboxylic acids is 4. The summed E-state index contributed by atoms with van der Waals surface area (Å²) in [5.74, 6) is -2.24. The van der Waals surface area contributed by atoms with E-state index < -0.39 is 97.5 Å². The first kappa shape index (κ1) is 92.2. The number of ether oxygens (including phenoxy) is 4. The smallest absolute Gasteiger partial charge is 0.462 e. The van der Waals surface area contributed by atoms with Gasteiger partial charge in [0.1, 0.15) is 19.3 Å². The quantitative estimate of drug-likeness (QED) is 0.0169. The molecule has 0 aliphatic heterocycles. The Bertz CT molecular complexity index is 2160. The third-order valence-electron chi connectivity index (χ3n) is 15.8. The van der Waals surface area contributed by atoms with Crippen molar-refractivity contribution in [3.63, 3.8) is 0 Å². The van der Waals surface area contributed by atoms with Crippen LogP contribution < -0.4 is 0 Å². The number of phosphoric acid groups is 2. The molecule has 5 unspecified atom stereocenters. The lowest BCUT2D eigenvalue weighted by Gasteiger charge is -2.21. The number of aliphatic hydroxyl groups excluding tert-OH is 1. The molecule has 5 atom stereocenters. The number of esters is 4. The molecule has 0 rings (SSSR count). The molecule has 96 heavy (non-hydrogen) atoms. The summed E-state index contributed by atoms with van der Waals surface area (Å²) in [6.45, 7) is 4.67. The molecule has 17 nitrogen and oxygen atoms in total. The number of rotatable bonds is 71. The molecule has 0 heterocycles. The molecule has 0 aliphatic rings. The number of allylic oxidation sites excluding steroid dienone is 14. The minimum atomic E-state index is -4.98. The lowest BCUT2D eigenvalue weighted by Crippen LogP contribution is -2.30. The van der Waals surface area contributed by atoms with Crippen molar-refractivity contribution in [2.75, 3.05) is 39.6 Å². The van der Waals surface area contributed by atoms with E-state index in [1.165, 1.54) is 103 Å². The summed E-state index contributed by atoms with van der Waals surface area (Å²) in [6, 6.07) is 0. The molecular formula is C77H136O17P2. The molecule has 0 amide bonds. The van der Waals surface area contributed by atoms with Gasteiger partial charge in [0.15, 0.2) is 12.2 Å². The Morgan fingerprint density at radius 1 is 0.302 bits per heavy atom. The number of phosphoric ester groups is 2. The second-order valence-corrected chi connectivity index (χ2v) is 28.1. The van der Waals surface area contributed by atoms with Gasteiger partial charge in [-0.25, -0.2) is 9.13 Å². The van der Waals surface area contributed by atoms with E-state index in [0.29, 0.717) is 32.1 Å². The van der Waals surface area contributed by atoms with Gasteiger partial charge >= 0.3 is 39.5 Å². The number of unbranched alkanes of at least 4 members (excludes halogenated alkanes) is 31. The maximum absolute atomic E-state index is 13.1. The fraction of sp³-hybridized carbons (Fsp3) is 0.766. The van der Waals surface area contributed by atoms with Crippen LogP contribution in [0, 0.1) is 0 Å². The topological polar surface area (TPSA) is 237 Å². The zero-order chi connectivity index (χ0) is 70.4. The highest BCUT2D eigenvalue weighted by atomic mass is 31.2. The van der Waals surface area contributed by atoms with Crippen LogP contribution in [0.4, 0.5) is 0 Å². The predicted molar refractivity (Wildman–Crippen MR) is 390 cm³/mol. The lowest BCUT2D eigenvalue weighted by atomic mass is 10.0. The van der Waals surface area contributed by atoms with Crippen LogP contribution in [0.5, 0.6) is 0 Å². The fourth-order valence-corrected chi connectivity index (χ4v) is 11.6. The Labute approximate surface area is 583 Å². The van der Waals surface area contributed by atoms with E-state index >= 15 is 0 Å². The van der Waals surface area contributed by atoms with Crippen molar-refractivity contribution < 1.29 is 80.2 Å². The summed E-state index contributed by atoms with van der Waals surface area (Å²) < 4.78 is 68.3. The Hall–Kier alpha value is -3.76. The highest BCUT2D eigenvalue weighted by Crippen LogP contribution is 2.45. The van der Waals surface area contributed by atoms with Crippen molar-refractivity contribution in [1.29, 1.82) is 0 Å². The summed E-state index contributed by atoms with van der Waals surface area (Å²) in [4.78, 5) is 72.7. The zero-order valence-corrected chi connectivity index (χ0v) is 62.3. The number of hydrogen-bond donors (Lipinski definition) is 3. The molecule has 0 aromatic heterocycles. The predicted octanol–water partition coefficient (Wildman–Crippen LogP) is 21.4. The van der Waals surface area contributed by atoms with Gasteiger partial charge < -0.3 is 33.8 Å². The van der Waals surface area contributed by atoms with E-state index in [2.05, 4.69) is 101 Å². The molecule has 0 fully saturated rings. The molecule has 556 valence electrons. The highest BCUT2D eigenvalue weighted by Gasteiger charge is 2.30. The minimum absolute atomic E-state index is 0.0737. The second kappa shape index (κ2) is 69.7. The fourth-order valence-electron chi connectivity index (χ4n) is 10.1. The molecule has 0 saturated heterocycles. The van der Waals surface area contributed by atoms with Crippen LogP contribution in [0.3, 0.4) is 0 Å². The van der Waals surface area contributed by atoms with Crippen molar-refractivity contribution in [1.82, 2.24) is 0 Å². The number of aliphatic hydroxyl groups is 1. The van der Waals surface area contributed by atoms with E-state index in [4.69, 9.17) is 37.0 Å². The van der Waals surface area contributed by atoms with Gasteiger partial charge in [-0.15, -0.1) is 0 Å². The second-order valence-electron chi connectivity index (χ2n) is 25.2. The third kappa shape index (κ3) is 68.8. The third-order valence-corrected chi connectivity index (χ3v) is 17.7. The zero-order valence-electron chi connectivity index (χ0n) is 60.5. The van der Waals surface area contributed by atoms with Crippen molar-refractivity contribution >= 4 is 39.5 Å². The number of carbonyl (C=O) groups is 4. The number of hydrogen-bond acceptors (Lipinski definition) is 15. The van der Waals surface area contributed by atoms with Gasteiger partial charge in [-0.1, -0.05) is 267 Å². The molecule has 0 aromatic carbocycles. The maximum atomic E-state index is 13.1. The Kier molecular flexibility index (Phi) is 67.0. The van der Waals surface area contributed by atoms with Crippen LogP contribution in [-0.2, 0) is 65.4 Å². The van der Waals surface area contributed by atoms with Gasteiger partial charge in [0.2, 0.25) is 0 Å². The van der Waals surface area contributed by atoms with Crippen molar-refractivity contribution in [3.8, 4) is 0 Å². The standard InChI is InChI=1S/C77H136O17P2/c1-5-9-13-17-21-25-29-33-34-35-36-40-42-46-50-54-58-62-75(80)88-68-73(94-77(82)64-60-56-52-48-44-39-32-28-24-20-16-12-8-4)70-92-96(85,86)90-66-71(78)65-89-95(83,84)91-69-72(93-76(81)63-59-55-51-47-43-38-31-27-23-19-15-11-7-3)67-87-74(79)61-57-53-49-45-41-37-30-26-22-18-14-10-6-2/h9,13,21,25-26,28,30,32-34,36,40,46,50,71-73,78H,5-8,10-12,14-20,22-24,27,29,31,35,37-39,41-45,47-49,51-70H2,1-4H3,(H,83,84)(H,85,86)/b13-9-,25-21-,30-26-,32-28-,34-33-,40-36-,50-46-. The minimum Gasteiger partial charge on any atom is -0.462 e. The average molecular weight is 1400 g/mol. The first-order chi connectivity index (χ1) is 46.7. The van der Waals surface area contributed by atoms with E-state index in [1.807, 2.05) is 12.2 Å². The molecule has 0 aliphatic carbocycles. The SMILES string of the molecule is CC/C=C\C/C=C\C/C=C\C/C=C\C/C=C\CCCC(=O)OCC(COP(=O)(O)OCC(O)COP(=O)(O)OCC(COC(=O)CCCCCCC/C=C\CCCCCC)OC(=O)CCCCCCCCCCCCCCC)OC(=O)CCCCCCC/C=C\CCCCCC. The molecule has 0 bridgehead atoms. The van der Waals surface area contributed by atoms with Crippen LogP contribution >= 0.6 is 15.6 Å². The first-order valence-electron chi connectivity index (χ1n) is 37.8. The van der Waals surface area contributed by atoms with Crippen molar-refractivity contribution in [2.45, 2.75) is 341 Å². The Morgan fingerprint density at radius 3 is 0.896 bits per heavy atom. The van der Waals surface area contributed by atoms with Gasteiger partial charge in [-0.2, -0.15) is 0 Å². The van der Waals surface area contributed by atoms with Gasteiger partial charge in [0, 0.05) is 25.7 Å². The van der Waals surface area contributed by atoms with Gasteiger partial charge in [0.25, 0.3) is 0 Å². The molecule has 0 saturated carbocycles. The van der Waals surface area contributed by atoms with Crippen LogP contribution in [0.2, 0.25) is 0 Å². The van der Waals surface area contributed by atoms with Crippen LogP contribution in [0.1, 0.15) is 323 Å². The summed E-state index contributed by atoms with van der Waals surface area (Å²) in [6.07, 6.45) is 70.1. The highest BCUT2D eigenvalue weighted by molar-refractivity contribution is 7.47. The molecule has 0 spiro atoms. The van der Waals surface area contributed by atoms with Crippen LogP contribution in [0.15, 0.2) is 85.1 Å². The Morgan fingerprint density at radius 2 is 0.552 bits per heavy atom. The van der Waals surface area contributed by atoms with E-state index in [1.54, 1.807) is 0 Å². The molecule has 19 heteroatoms. The lowest BCUT2D eigenvalue weighted by molar-refractivity contribution is -0.161. The van der Waals surface area contributed by atoms with E-state index in [-0.39, 0.29) is 25.7 Å².